The lowest BCUT2D eigenvalue weighted by Gasteiger charge is -2.34. The van der Waals surface area contributed by atoms with E-state index in [1.54, 1.807) is 7.05 Å². The van der Waals surface area contributed by atoms with Crippen molar-refractivity contribution in [1.82, 2.24) is 9.29 Å². The molecule has 0 saturated carbocycles. The van der Waals surface area contributed by atoms with E-state index in [1.807, 2.05) is 13.8 Å². The molecule has 112 valence electrons. The fraction of sp³-hybridized carbons (Fsp3) is 0.583. The first-order valence-corrected chi connectivity index (χ1v) is 8.15. The summed E-state index contributed by atoms with van der Waals surface area (Å²) in [6.45, 7) is 4.37. The van der Waals surface area contributed by atoms with Crippen LogP contribution in [-0.4, -0.2) is 50.1 Å². The van der Waals surface area contributed by atoms with Gasteiger partial charge in [-0.15, -0.1) is 0 Å². The molecule has 1 aliphatic heterocycles. The molecule has 1 aromatic rings. The van der Waals surface area contributed by atoms with E-state index in [9.17, 15) is 8.42 Å². The highest BCUT2D eigenvalue weighted by atomic mass is 35.5. The fourth-order valence-corrected chi connectivity index (χ4v) is 4.11. The van der Waals surface area contributed by atoms with E-state index in [0.717, 1.165) is 0 Å². The van der Waals surface area contributed by atoms with Gasteiger partial charge in [-0.2, -0.15) is 4.31 Å². The van der Waals surface area contributed by atoms with Gasteiger partial charge >= 0.3 is 0 Å². The molecule has 1 aromatic heterocycles. The Bertz CT molecular complexity index is 584. The number of rotatable bonds is 3. The first-order chi connectivity index (χ1) is 9.34. The lowest BCUT2D eigenvalue weighted by molar-refractivity contribution is -0.0440. The van der Waals surface area contributed by atoms with Gasteiger partial charge in [0.25, 0.3) is 0 Å². The zero-order valence-electron chi connectivity index (χ0n) is 11.6. The van der Waals surface area contributed by atoms with Crippen LogP contribution >= 0.6 is 11.6 Å². The Hall–Kier alpha value is -0.890. The minimum atomic E-state index is -3.60. The van der Waals surface area contributed by atoms with Gasteiger partial charge in [-0.05, 0) is 19.9 Å². The van der Waals surface area contributed by atoms with Crippen LogP contribution in [0.4, 0.5) is 5.82 Å². The van der Waals surface area contributed by atoms with Crippen molar-refractivity contribution in [2.24, 2.45) is 0 Å². The molecule has 0 amide bonds. The maximum atomic E-state index is 12.6. The van der Waals surface area contributed by atoms with Crippen molar-refractivity contribution in [3.8, 4) is 0 Å². The lowest BCUT2D eigenvalue weighted by atomic mass is 10.3. The summed E-state index contributed by atoms with van der Waals surface area (Å²) < 4.78 is 32.1. The number of aromatic nitrogens is 1. The molecule has 1 N–H and O–H groups in total. The number of halogens is 1. The molecule has 2 atom stereocenters. The molecule has 8 heteroatoms. The standard InChI is InChI=1S/C12H18ClN3O3S/c1-8-6-16(7-9(2)19-8)20(17,18)10-4-11(13)12(14-3)15-5-10/h4-5,8-9H,6-7H2,1-3H3,(H,14,15). The topological polar surface area (TPSA) is 71.5 Å². The number of hydrogen-bond acceptors (Lipinski definition) is 5. The van der Waals surface area contributed by atoms with Crippen LogP contribution in [0.3, 0.4) is 0 Å². The van der Waals surface area contributed by atoms with Gasteiger partial charge in [0.15, 0.2) is 0 Å². The summed E-state index contributed by atoms with van der Waals surface area (Å²) >= 11 is 6.00. The minimum absolute atomic E-state index is 0.0998. The Balaban J connectivity index is 2.32. The maximum absolute atomic E-state index is 12.6. The number of nitrogens with one attached hydrogen (secondary N) is 1. The van der Waals surface area contributed by atoms with Crippen molar-refractivity contribution in [2.75, 3.05) is 25.5 Å². The van der Waals surface area contributed by atoms with Crippen LogP contribution in [0.15, 0.2) is 17.2 Å². The summed E-state index contributed by atoms with van der Waals surface area (Å²) in [6, 6.07) is 1.42. The molecule has 2 rings (SSSR count). The first kappa shape index (κ1) is 15.5. The normalized spacial score (nSPS) is 24.6. The highest BCUT2D eigenvalue weighted by Crippen LogP contribution is 2.25. The number of pyridine rings is 1. The average Bonchev–Trinajstić information content (AvgIpc) is 2.37. The first-order valence-electron chi connectivity index (χ1n) is 6.33. The van der Waals surface area contributed by atoms with E-state index in [1.165, 1.54) is 16.6 Å². The van der Waals surface area contributed by atoms with Gasteiger partial charge in [-0.3, -0.25) is 0 Å². The van der Waals surface area contributed by atoms with Gasteiger partial charge in [-0.25, -0.2) is 13.4 Å². The van der Waals surface area contributed by atoms with Crippen molar-refractivity contribution >= 4 is 27.4 Å². The Morgan fingerprint density at radius 1 is 1.40 bits per heavy atom. The predicted octanol–water partition coefficient (Wildman–Crippen LogP) is 1.57. The Labute approximate surface area is 124 Å². The highest BCUT2D eigenvalue weighted by Gasteiger charge is 2.32. The largest absolute Gasteiger partial charge is 0.373 e. The van der Waals surface area contributed by atoms with Gasteiger partial charge in [0.2, 0.25) is 10.0 Å². The Morgan fingerprint density at radius 2 is 2.00 bits per heavy atom. The van der Waals surface area contributed by atoms with Gasteiger partial charge in [0, 0.05) is 26.3 Å². The molecule has 1 aliphatic rings. The van der Waals surface area contributed by atoms with E-state index in [0.29, 0.717) is 18.9 Å². The second-order valence-corrected chi connectivity index (χ2v) is 7.18. The fourth-order valence-electron chi connectivity index (χ4n) is 2.22. The van der Waals surface area contributed by atoms with Gasteiger partial charge in [0.1, 0.15) is 10.7 Å². The maximum Gasteiger partial charge on any atom is 0.244 e. The molecule has 1 fully saturated rings. The SMILES string of the molecule is CNc1ncc(S(=O)(=O)N2CC(C)OC(C)C2)cc1Cl. The average molecular weight is 320 g/mol. The van der Waals surface area contributed by atoms with Crippen molar-refractivity contribution in [1.29, 1.82) is 0 Å². The zero-order chi connectivity index (χ0) is 14.9. The van der Waals surface area contributed by atoms with Gasteiger partial charge in [0.05, 0.1) is 17.2 Å². The Morgan fingerprint density at radius 3 is 2.50 bits per heavy atom. The summed E-state index contributed by atoms with van der Waals surface area (Å²) in [6.07, 6.45) is 1.06. The van der Waals surface area contributed by atoms with Crippen molar-refractivity contribution in [3.63, 3.8) is 0 Å². The highest BCUT2D eigenvalue weighted by molar-refractivity contribution is 7.89. The van der Waals surface area contributed by atoms with Crippen molar-refractivity contribution in [3.05, 3.63) is 17.3 Å². The van der Waals surface area contributed by atoms with Crippen LogP contribution < -0.4 is 5.32 Å². The second-order valence-electron chi connectivity index (χ2n) is 4.83. The summed E-state index contributed by atoms with van der Waals surface area (Å²) in [5.41, 5.74) is 0. The molecular weight excluding hydrogens is 302 g/mol. The van der Waals surface area contributed by atoms with Crippen LogP contribution in [0.2, 0.25) is 5.02 Å². The van der Waals surface area contributed by atoms with Crippen molar-refractivity contribution in [2.45, 2.75) is 31.0 Å². The number of nitrogens with zero attached hydrogens (tertiary/aromatic N) is 2. The third-order valence-electron chi connectivity index (χ3n) is 3.08. The third kappa shape index (κ3) is 3.06. The number of sulfonamides is 1. The molecule has 2 unspecified atom stereocenters. The molecule has 0 aromatic carbocycles. The summed E-state index contributed by atoms with van der Waals surface area (Å²) in [4.78, 5) is 4.12. The van der Waals surface area contributed by atoms with Crippen LogP contribution in [-0.2, 0) is 14.8 Å². The lowest BCUT2D eigenvalue weighted by Crippen LogP contribution is -2.48. The summed E-state index contributed by atoms with van der Waals surface area (Å²) in [5.74, 6) is 0.453. The number of morpholine rings is 1. The van der Waals surface area contributed by atoms with Gasteiger partial charge in [-0.1, -0.05) is 11.6 Å². The molecule has 6 nitrogen and oxygen atoms in total. The number of anilines is 1. The van der Waals surface area contributed by atoms with Crippen LogP contribution in [0, 0.1) is 0 Å². The predicted molar refractivity (Wildman–Crippen MR) is 77.6 cm³/mol. The molecule has 20 heavy (non-hydrogen) atoms. The third-order valence-corrected chi connectivity index (χ3v) is 5.16. The number of ether oxygens (including phenoxy) is 1. The number of hydrogen-bond donors (Lipinski definition) is 1. The molecular formula is C12H18ClN3O3S. The van der Waals surface area contributed by atoms with Crippen LogP contribution in [0.25, 0.3) is 0 Å². The molecule has 1 saturated heterocycles. The van der Waals surface area contributed by atoms with E-state index in [-0.39, 0.29) is 22.1 Å². The minimum Gasteiger partial charge on any atom is -0.373 e. The molecule has 0 bridgehead atoms. The monoisotopic (exact) mass is 319 g/mol. The molecule has 2 heterocycles. The van der Waals surface area contributed by atoms with E-state index >= 15 is 0 Å². The zero-order valence-corrected chi connectivity index (χ0v) is 13.2. The molecule has 0 radical (unpaired) electrons. The van der Waals surface area contributed by atoms with Crippen LogP contribution in [0.5, 0.6) is 0 Å². The van der Waals surface area contributed by atoms with Crippen LogP contribution in [0.1, 0.15) is 13.8 Å². The molecule has 0 aliphatic carbocycles. The quantitative estimate of drug-likeness (QED) is 0.915. The summed E-state index contributed by atoms with van der Waals surface area (Å²) in [5, 5.41) is 3.08. The van der Waals surface area contributed by atoms with Gasteiger partial charge < -0.3 is 10.1 Å². The summed E-state index contributed by atoms with van der Waals surface area (Å²) in [7, 11) is -1.92. The second kappa shape index (κ2) is 5.85. The van der Waals surface area contributed by atoms with E-state index in [2.05, 4.69) is 10.3 Å². The Kier molecular flexibility index (Phi) is 4.53. The van der Waals surface area contributed by atoms with E-state index in [4.69, 9.17) is 16.3 Å². The smallest absolute Gasteiger partial charge is 0.244 e. The van der Waals surface area contributed by atoms with Crippen molar-refractivity contribution < 1.29 is 13.2 Å². The molecule has 0 spiro atoms. The van der Waals surface area contributed by atoms with E-state index < -0.39 is 10.0 Å².